The molecule has 28 heavy (non-hydrogen) atoms. The molecule has 0 spiro atoms. The zero-order valence-electron chi connectivity index (χ0n) is 15.6. The van der Waals surface area contributed by atoms with Crippen LogP contribution in [0.4, 0.5) is 13.2 Å². The molecular weight excluding hydrogens is 387 g/mol. The molecule has 0 N–H and O–H groups in total. The molecule has 0 amide bonds. The number of likely N-dealkylation sites (tertiary alicyclic amines) is 1. The predicted molar refractivity (Wildman–Crippen MR) is 101 cm³/mol. The Labute approximate surface area is 165 Å². The van der Waals surface area contributed by atoms with Crippen LogP contribution in [0.15, 0.2) is 24.5 Å². The van der Waals surface area contributed by atoms with E-state index in [1.807, 2.05) is 11.3 Å². The lowest BCUT2D eigenvalue weighted by Gasteiger charge is -2.32. The molecule has 0 radical (unpaired) electrons. The molecule has 1 atom stereocenters. The van der Waals surface area contributed by atoms with Crippen LogP contribution in [0.5, 0.6) is 0 Å². The first-order valence-electron chi connectivity index (χ1n) is 9.52. The van der Waals surface area contributed by atoms with Crippen molar-refractivity contribution < 1.29 is 13.2 Å². The van der Waals surface area contributed by atoms with Crippen molar-refractivity contribution in [2.75, 3.05) is 13.1 Å². The van der Waals surface area contributed by atoms with E-state index >= 15 is 0 Å². The van der Waals surface area contributed by atoms with Crippen molar-refractivity contribution in [2.24, 2.45) is 0 Å². The van der Waals surface area contributed by atoms with Gasteiger partial charge >= 0.3 is 6.18 Å². The molecule has 1 unspecified atom stereocenters. The highest BCUT2D eigenvalue weighted by molar-refractivity contribution is 7.11. The monoisotopic (exact) mass is 409 g/mol. The molecule has 9 heteroatoms. The Bertz CT molecular complexity index is 949. The third-order valence-corrected chi connectivity index (χ3v) is 6.21. The number of aromatic nitrogens is 4. The highest BCUT2D eigenvalue weighted by Crippen LogP contribution is 2.33. The van der Waals surface area contributed by atoms with E-state index < -0.39 is 11.9 Å². The van der Waals surface area contributed by atoms with Gasteiger partial charge in [0.2, 0.25) is 0 Å². The number of alkyl halides is 3. The number of fused-ring (bicyclic) bond motifs is 1. The SMILES string of the molecule is CCCc1ccc(CN2CCCC(c3cc(C(F)(F)F)n4ncnc4n3)C2)s1. The van der Waals surface area contributed by atoms with E-state index in [1.165, 1.54) is 9.75 Å². The first-order valence-corrected chi connectivity index (χ1v) is 10.3. The van der Waals surface area contributed by atoms with Gasteiger partial charge in [-0.15, -0.1) is 11.3 Å². The van der Waals surface area contributed by atoms with E-state index in [4.69, 9.17) is 0 Å². The number of halogens is 3. The second kappa shape index (κ2) is 7.79. The number of piperidine rings is 1. The molecular formula is C19H22F3N5S. The van der Waals surface area contributed by atoms with Crippen molar-refractivity contribution in [3.8, 4) is 0 Å². The van der Waals surface area contributed by atoms with Crippen molar-refractivity contribution >= 4 is 17.1 Å². The summed E-state index contributed by atoms with van der Waals surface area (Å²) in [4.78, 5) is 13.3. The van der Waals surface area contributed by atoms with Crippen LogP contribution in [0.25, 0.3) is 5.78 Å². The summed E-state index contributed by atoms with van der Waals surface area (Å²) in [5.41, 5.74) is -0.361. The third-order valence-electron chi connectivity index (χ3n) is 5.08. The Morgan fingerprint density at radius 2 is 2.07 bits per heavy atom. The normalized spacial score (nSPS) is 18.8. The fraction of sp³-hybridized carbons (Fsp3) is 0.526. The van der Waals surface area contributed by atoms with E-state index in [9.17, 15) is 13.2 Å². The van der Waals surface area contributed by atoms with Crippen LogP contribution in [-0.2, 0) is 19.1 Å². The van der Waals surface area contributed by atoms with Crippen LogP contribution < -0.4 is 0 Å². The van der Waals surface area contributed by atoms with Gasteiger partial charge in [0, 0.05) is 28.8 Å². The number of aryl methyl sites for hydroxylation is 1. The van der Waals surface area contributed by atoms with Crippen LogP contribution in [-0.4, -0.2) is 37.6 Å². The van der Waals surface area contributed by atoms with E-state index in [-0.39, 0.29) is 11.7 Å². The summed E-state index contributed by atoms with van der Waals surface area (Å²) < 4.78 is 41.1. The average Bonchev–Trinajstić information content (AvgIpc) is 3.30. The fourth-order valence-electron chi connectivity index (χ4n) is 3.79. The second-order valence-electron chi connectivity index (χ2n) is 7.23. The Kier molecular flexibility index (Phi) is 5.37. The van der Waals surface area contributed by atoms with Crippen molar-refractivity contribution in [3.63, 3.8) is 0 Å². The lowest BCUT2D eigenvalue weighted by atomic mass is 9.94. The molecule has 3 aromatic heterocycles. The number of nitrogens with zero attached hydrogens (tertiary/aromatic N) is 5. The molecule has 1 aliphatic rings. The number of hydrogen-bond acceptors (Lipinski definition) is 5. The van der Waals surface area contributed by atoms with Crippen LogP contribution in [0, 0.1) is 0 Å². The molecule has 0 bridgehead atoms. The van der Waals surface area contributed by atoms with Gasteiger partial charge in [-0.2, -0.15) is 27.8 Å². The maximum atomic E-state index is 13.4. The molecule has 0 aromatic carbocycles. The zero-order chi connectivity index (χ0) is 19.7. The standard InChI is InChI=1S/C19H22F3N5S/c1-2-4-14-6-7-15(28-14)11-26-8-3-5-13(10-26)16-9-17(19(20,21)22)27-18(25-16)23-12-24-27/h6-7,9,12-13H,2-5,8,10-11H2,1H3. The molecule has 150 valence electrons. The number of rotatable bonds is 5. The van der Waals surface area contributed by atoms with Gasteiger partial charge in [0.15, 0.2) is 5.69 Å². The summed E-state index contributed by atoms with van der Waals surface area (Å²) in [6.45, 7) is 4.67. The van der Waals surface area contributed by atoms with Gasteiger partial charge in [0.25, 0.3) is 5.78 Å². The lowest BCUT2D eigenvalue weighted by Crippen LogP contribution is -2.34. The number of thiophene rings is 1. The van der Waals surface area contributed by atoms with Crippen LogP contribution in [0.1, 0.15) is 53.2 Å². The van der Waals surface area contributed by atoms with Crippen LogP contribution in [0.2, 0.25) is 0 Å². The Morgan fingerprint density at radius 3 is 2.86 bits per heavy atom. The van der Waals surface area contributed by atoms with E-state index in [0.717, 1.165) is 55.7 Å². The van der Waals surface area contributed by atoms with Gasteiger partial charge < -0.3 is 0 Å². The lowest BCUT2D eigenvalue weighted by molar-refractivity contribution is -0.142. The molecule has 0 aliphatic carbocycles. The summed E-state index contributed by atoms with van der Waals surface area (Å²) in [6, 6.07) is 5.49. The maximum absolute atomic E-state index is 13.4. The smallest absolute Gasteiger partial charge is 0.298 e. The molecule has 5 nitrogen and oxygen atoms in total. The summed E-state index contributed by atoms with van der Waals surface area (Å²) >= 11 is 1.83. The fourth-order valence-corrected chi connectivity index (χ4v) is 4.95. The van der Waals surface area contributed by atoms with E-state index in [2.05, 4.69) is 39.0 Å². The minimum Gasteiger partial charge on any atom is -0.298 e. The number of hydrogen-bond donors (Lipinski definition) is 0. The first-order chi connectivity index (χ1) is 13.4. The topological polar surface area (TPSA) is 46.3 Å². The quantitative estimate of drug-likeness (QED) is 0.621. The largest absolute Gasteiger partial charge is 0.433 e. The molecule has 1 aliphatic heterocycles. The van der Waals surface area contributed by atoms with Gasteiger partial charge in [-0.05, 0) is 44.0 Å². The molecule has 4 heterocycles. The van der Waals surface area contributed by atoms with E-state index in [1.54, 1.807) is 0 Å². The highest BCUT2D eigenvalue weighted by atomic mass is 32.1. The predicted octanol–water partition coefficient (Wildman–Crippen LogP) is 4.54. The van der Waals surface area contributed by atoms with Crippen LogP contribution in [0.3, 0.4) is 0 Å². The van der Waals surface area contributed by atoms with Gasteiger partial charge in [0.05, 0.1) is 5.69 Å². The third kappa shape index (κ3) is 4.05. The summed E-state index contributed by atoms with van der Waals surface area (Å²) in [5.74, 6) is -0.0314. The molecule has 0 saturated carbocycles. The van der Waals surface area contributed by atoms with Crippen molar-refractivity contribution in [1.29, 1.82) is 0 Å². The minimum atomic E-state index is -4.50. The molecule has 1 fully saturated rings. The average molecular weight is 409 g/mol. The van der Waals surface area contributed by atoms with Gasteiger partial charge in [0.1, 0.15) is 6.33 Å². The zero-order valence-corrected chi connectivity index (χ0v) is 16.4. The van der Waals surface area contributed by atoms with E-state index in [0.29, 0.717) is 12.2 Å². The van der Waals surface area contributed by atoms with Crippen molar-refractivity contribution in [3.05, 3.63) is 45.7 Å². The maximum Gasteiger partial charge on any atom is 0.433 e. The van der Waals surface area contributed by atoms with Crippen LogP contribution >= 0.6 is 11.3 Å². The van der Waals surface area contributed by atoms with Crippen molar-refractivity contribution in [1.82, 2.24) is 24.5 Å². The molecule has 3 aromatic rings. The van der Waals surface area contributed by atoms with Crippen molar-refractivity contribution in [2.45, 2.75) is 51.2 Å². The summed E-state index contributed by atoms with van der Waals surface area (Å²) in [5, 5.41) is 3.67. The summed E-state index contributed by atoms with van der Waals surface area (Å²) in [7, 11) is 0. The summed E-state index contributed by atoms with van der Waals surface area (Å²) in [6.07, 6.45) is 0.610. The van der Waals surface area contributed by atoms with Gasteiger partial charge in [-0.25, -0.2) is 4.98 Å². The highest BCUT2D eigenvalue weighted by Gasteiger charge is 2.36. The Morgan fingerprint density at radius 1 is 1.25 bits per heavy atom. The van der Waals surface area contributed by atoms with Gasteiger partial charge in [-0.3, -0.25) is 4.90 Å². The minimum absolute atomic E-state index is 0.00409. The Balaban J connectivity index is 1.54. The second-order valence-corrected chi connectivity index (χ2v) is 8.48. The van der Waals surface area contributed by atoms with Gasteiger partial charge in [-0.1, -0.05) is 13.3 Å². The first kappa shape index (κ1) is 19.3. The Hall–Kier alpha value is -2.00. The molecule has 1 saturated heterocycles. The molecule has 4 rings (SSSR count).